The third kappa shape index (κ3) is 4.51. The van der Waals surface area contributed by atoms with E-state index in [0.29, 0.717) is 6.04 Å². The van der Waals surface area contributed by atoms with Crippen LogP contribution in [-0.2, 0) is 12.8 Å². The van der Waals surface area contributed by atoms with Crippen molar-refractivity contribution in [3.8, 4) is 0 Å². The molecule has 0 aromatic heterocycles. The minimum Gasteiger partial charge on any atom is -0.314 e. The fourth-order valence-corrected chi connectivity index (χ4v) is 2.38. The van der Waals surface area contributed by atoms with Crippen LogP contribution in [0.3, 0.4) is 0 Å². The van der Waals surface area contributed by atoms with Crippen LogP contribution in [0.4, 0.5) is 0 Å². The summed E-state index contributed by atoms with van der Waals surface area (Å²) in [7, 11) is 0. The third-order valence-corrected chi connectivity index (χ3v) is 3.69. The summed E-state index contributed by atoms with van der Waals surface area (Å²) in [5, 5.41) is 3.54. The molecular weight excluding hydrogens is 206 g/mol. The maximum atomic E-state index is 3.54. The molecule has 0 spiro atoms. The molecule has 0 bridgehead atoms. The van der Waals surface area contributed by atoms with Gasteiger partial charge in [-0.2, -0.15) is 0 Å². The summed E-state index contributed by atoms with van der Waals surface area (Å²) in [6.45, 7) is 10.0. The Labute approximate surface area is 107 Å². The largest absolute Gasteiger partial charge is 0.314 e. The predicted molar refractivity (Wildman–Crippen MR) is 76.4 cm³/mol. The Bertz CT molecular complexity index is 302. The Morgan fingerprint density at radius 1 is 1.00 bits per heavy atom. The van der Waals surface area contributed by atoms with Gasteiger partial charge in [-0.3, -0.25) is 0 Å². The highest BCUT2D eigenvalue weighted by Crippen LogP contribution is 2.17. The molecule has 1 nitrogen and oxygen atoms in total. The molecule has 1 heteroatoms. The van der Waals surface area contributed by atoms with E-state index in [1.165, 1.54) is 24.0 Å². The van der Waals surface area contributed by atoms with Crippen molar-refractivity contribution in [3.63, 3.8) is 0 Å². The molecule has 2 unspecified atom stereocenters. The van der Waals surface area contributed by atoms with E-state index in [1.807, 2.05) is 0 Å². The van der Waals surface area contributed by atoms with Crippen LogP contribution in [0.1, 0.15) is 45.2 Å². The van der Waals surface area contributed by atoms with Gasteiger partial charge in [-0.15, -0.1) is 0 Å². The molecule has 0 heterocycles. The Morgan fingerprint density at radius 2 is 1.59 bits per heavy atom. The Hall–Kier alpha value is -0.820. The van der Waals surface area contributed by atoms with Crippen molar-refractivity contribution in [3.05, 3.63) is 35.4 Å². The van der Waals surface area contributed by atoms with Crippen molar-refractivity contribution in [2.24, 2.45) is 5.92 Å². The van der Waals surface area contributed by atoms with Gasteiger partial charge in [-0.25, -0.2) is 0 Å². The molecule has 17 heavy (non-hydrogen) atoms. The molecule has 0 saturated carbocycles. The van der Waals surface area contributed by atoms with E-state index >= 15 is 0 Å². The molecule has 0 aliphatic rings. The van der Waals surface area contributed by atoms with Crippen LogP contribution in [0.15, 0.2) is 24.3 Å². The molecule has 1 N–H and O–H groups in total. The van der Waals surface area contributed by atoms with Gasteiger partial charge in [0.1, 0.15) is 0 Å². The molecule has 2 atom stereocenters. The first-order chi connectivity index (χ1) is 8.21. The molecular formula is C16H27N. The molecule has 1 rings (SSSR count). The molecule has 0 fully saturated rings. The second-order valence-corrected chi connectivity index (χ2v) is 4.89. The fourth-order valence-electron chi connectivity index (χ4n) is 2.38. The highest BCUT2D eigenvalue weighted by Gasteiger charge is 2.14. The third-order valence-electron chi connectivity index (χ3n) is 3.69. The van der Waals surface area contributed by atoms with E-state index in [-0.39, 0.29) is 0 Å². The SMILES string of the molecule is CCNC(C)C(CC)Cc1ccc(CC)cc1. The van der Waals surface area contributed by atoms with Gasteiger partial charge in [0.05, 0.1) is 0 Å². The quantitative estimate of drug-likeness (QED) is 0.755. The molecule has 1 aromatic carbocycles. The number of hydrogen-bond acceptors (Lipinski definition) is 1. The summed E-state index contributed by atoms with van der Waals surface area (Å²) in [6.07, 6.45) is 3.56. The van der Waals surface area contributed by atoms with Gasteiger partial charge in [0.15, 0.2) is 0 Å². The van der Waals surface area contributed by atoms with E-state index in [0.717, 1.165) is 18.9 Å². The van der Waals surface area contributed by atoms with E-state index < -0.39 is 0 Å². The standard InChI is InChI=1S/C16H27N/c1-5-14-8-10-15(11-9-14)12-16(6-2)13(4)17-7-3/h8-11,13,16-17H,5-7,12H2,1-4H3. The molecule has 0 aliphatic carbocycles. The van der Waals surface area contributed by atoms with Crippen molar-refractivity contribution in [2.75, 3.05) is 6.54 Å². The zero-order chi connectivity index (χ0) is 12.7. The van der Waals surface area contributed by atoms with Gasteiger partial charge >= 0.3 is 0 Å². The van der Waals surface area contributed by atoms with Crippen LogP contribution < -0.4 is 5.32 Å². The Morgan fingerprint density at radius 3 is 2.06 bits per heavy atom. The summed E-state index contributed by atoms with van der Waals surface area (Å²) < 4.78 is 0. The zero-order valence-corrected chi connectivity index (χ0v) is 11.8. The van der Waals surface area contributed by atoms with Crippen LogP contribution in [0.5, 0.6) is 0 Å². The lowest BCUT2D eigenvalue weighted by Crippen LogP contribution is -2.34. The molecule has 1 aromatic rings. The van der Waals surface area contributed by atoms with E-state index in [4.69, 9.17) is 0 Å². The number of rotatable bonds is 7. The van der Waals surface area contributed by atoms with Gasteiger partial charge in [0.25, 0.3) is 0 Å². The maximum Gasteiger partial charge on any atom is 0.00699 e. The first-order valence-electron chi connectivity index (χ1n) is 7.02. The van der Waals surface area contributed by atoms with Crippen LogP contribution in [0.2, 0.25) is 0 Å². The van der Waals surface area contributed by atoms with Gasteiger partial charge < -0.3 is 5.32 Å². The average molecular weight is 233 g/mol. The van der Waals surface area contributed by atoms with Crippen molar-refractivity contribution in [1.82, 2.24) is 5.32 Å². The summed E-state index contributed by atoms with van der Waals surface area (Å²) in [5.74, 6) is 0.738. The lowest BCUT2D eigenvalue weighted by molar-refractivity contribution is 0.368. The fraction of sp³-hybridized carbons (Fsp3) is 0.625. The van der Waals surface area contributed by atoms with Crippen LogP contribution in [0.25, 0.3) is 0 Å². The van der Waals surface area contributed by atoms with E-state index in [1.54, 1.807) is 0 Å². The van der Waals surface area contributed by atoms with Crippen molar-refractivity contribution in [2.45, 2.75) is 53.0 Å². The Balaban J connectivity index is 2.60. The smallest absolute Gasteiger partial charge is 0.00699 e. The lowest BCUT2D eigenvalue weighted by atomic mass is 9.90. The first kappa shape index (κ1) is 14.2. The van der Waals surface area contributed by atoms with Crippen molar-refractivity contribution in [1.29, 1.82) is 0 Å². The van der Waals surface area contributed by atoms with Crippen LogP contribution in [0, 0.1) is 5.92 Å². The monoisotopic (exact) mass is 233 g/mol. The lowest BCUT2D eigenvalue weighted by Gasteiger charge is -2.23. The normalized spacial score (nSPS) is 14.6. The zero-order valence-electron chi connectivity index (χ0n) is 11.8. The topological polar surface area (TPSA) is 12.0 Å². The van der Waals surface area contributed by atoms with Crippen molar-refractivity contribution < 1.29 is 0 Å². The number of nitrogens with one attached hydrogen (secondary N) is 1. The molecule has 0 amide bonds. The van der Waals surface area contributed by atoms with E-state index in [2.05, 4.69) is 57.3 Å². The summed E-state index contributed by atoms with van der Waals surface area (Å²) >= 11 is 0. The first-order valence-corrected chi connectivity index (χ1v) is 7.02. The molecule has 96 valence electrons. The summed E-state index contributed by atoms with van der Waals surface area (Å²) in [4.78, 5) is 0. The highest BCUT2D eigenvalue weighted by molar-refractivity contribution is 5.23. The predicted octanol–water partition coefficient (Wildman–Crippen LogP) is 3.82. The minimum absolute atomic E-state index is 0.607. The number of benzene rings is 1. The molecule has 0 saturated heterocycles. The van der Waals surface area contributed by atoms with Crippen LogP contribution in [-0.4, -0.2) is 12.6 Å². The summed E-state index contributed by atoms with van der Waals surface area (Å²) in [5.41, 5.74) is 2.90. The van der Waals surface area contributed by atoms with E-state index in [9.17, 15) is 0 Å². The maximum absolute atomic E-state index is 3.54. The minimum atomic E-state index is 0.607. The second-order valence-electron chi connectivity index (χ2n) is 4.89. The van der Waals surface area contributed by atoms with Gasteiger partial charge in [0, 0.05) is 6.04 Å². The van der Waals surface area contributed by atoms with Gasteiger partial charge in [-0.05, 0) is 43.4 Å². The number of aryl methyl sites for hydroxylation is 1. The Kier molecular flexibility index (Phi) is 6.28. The second kappa shape index (κ2) is 7.50. The van der Waals surface area contributed by atoms with Crippen LogP contribution >= 0.6 is 0 Å². The van der Waals surface area contributed by atoms with Crippen molar-refractivity contribution >= 4 is 0 Å². The molecule has 0 radical (unpaired) electrons. The average Bonchev–Trinajstić information content (AvgIpc) is 2.37. The molecule has 0 aliphatic heterocycles. The summed E-state index contributed by atoms with van der Waals surface area (Å²) in [6, 6.07) is 9.72. The number of hydrogen-bond donors (Lipinski definition) is 1. The van der Waals surface area contributed by atoms with Gasteiger partial charge in [-0.1, -0.05) is 51.5 Å². The van der Waals surface area contributed by atoms with Gasteiger partial charge in [0.2, 0.25) is 0 Å². The highest BCUT2D eigenvalue weighted by atomic mass is 14.9.